The standard InChI is InChI=1S/C17H18F6.2C2H6/c1-11(2)5-8-13(4)15(16(18,19)20,17(21,22)23)14-9-6-12(3)7-10-14;2*1-2/h5-10H,1-4H3;2*1-2H3/b13-8+;;. The molecular weight excluding hydrogens is 366 g/mol. The first-order valence-electron chi connectivity index (χ1n) is 8.87. The molecule has 0 fully saturated rings. The van der Waals surface area contributed by atoms with E-state index in [2.05, 4.69) is 0 Å². The summed E-state index contributed by atoms with van der Waals surface area (Å²) in [6.07, 6.45) is -8.90. The summed E-state index contributed by atoms with van der Waals surface area (Å²) in [5.74, 6) is 0. The van der Waals surface area contributed by atoms with Crippen LogP contribution in [0.1, 0.15) is 59.6 Å². The average molecular weight is 396 g/mol. The SMILES string of the molecule is CC.CC.CC(C)=C/C=C(\C)C(c1ccc(C)cc1)(C(F)(F)F)C(F)(F)F. The van der Waals surface area contributed by atoms with E-state index in [9.17, 15) is 26.3 Å². The molecule has 0 aromatic heterocycles. The highest BCUT2D eigenvalue weighted by atomic mass is 19.4. The number of hydrogen-bond acceptors (Lipinski definition) is 0. The van der Waals surface area contributed by atoms with Crippen molar-refractivity contribution in [1.82, 2.24) is 0 Å². The third kappa shape index (κ3) is 6.43. The van der Waals surface area contributed by atoms with Crippen molar-refractivity contribution in [3.05, 3.63) is 58.7 Å². The van der Waals surface area contributed by atoms with Gasteiger partial charge < -0.3 is 0 Å². The lowest BCUT2D eigenvalue weighted by Gasteiger charge is -2.38. The van der Waals surface area contributed by atoms with Gasteiger partial charge in [-0.3, -0.25) is 0 Å². The molecule has 0 aliphatic heterocycles. The summed E-state index contributed by atoms with van der Waals surface area (Å²) in [7, 11) is 0. The second-order valence-electron chi connectivity index (χ2n) is 5.71. The lowest BCUT2D eigenvalue weighted by Crippen LogP contribution is -2.54. The Labute approximate surface area is 159 Å². The van der Waals surface area contributed by atoms with Crippen molar-refractivity contribution in [3.8, 4) is 0 Å². The minimum absolute atomic E-state index is 0.581. The van der Waals surface area contributed by atoms with Crippen LogP contribution in [0.3, 0.4) is 0 Å². The van der Waals surface area contributed by atoms with E-state index in [0.29, 0.717) is 11.1 Å². The van der Waals surface area contributed by atoms with Crippen molar-refractivity contribution in [2.24, 2.45) is 0 Å². The quantitative estimate of drug-likeness (QED) is 0.356. The predicted octanol–water partition coefficient (Wildman–Crippen LogP) is 8.32. The molecule has 0 heterocycles. The number of hydrogen-bond donors (Lipinski definition) is 0. The highest BCUT2D eigenvalue weighted by molar-refractivity contribution is 5.43. The second kappa shape index (κ2) is 11.2. The summed E-state index contributed by atoms with van der Waals surface area (Å²) in [6, 6.07) is 4.26. The van der Waals surface area contributed by atoms with Crippen molar-refractivity contribution in [3.63, 3.8) is 0 Å². The number of alkyl halides is 6. The number of allylic oxidation sites excluding steroid dienone is 4. The predicted molar refractivity (Wildman–Crippen MR) is 101 cm³/mol. The summed E-state index contributed by atoms with van der Waals surface area (Å²) < 4.78 is 81.9. The molecule has 1 aromatic rings. The summed E-state index contributed by atoms with van der Waals surface area (Å²) in [4.78, 5) is 0. The van der Waals surface area contributed by atoms with Gasteiger partial charge >= 0.3 is 12.4 Å². The Balaban J connectivity index is 0. The number of rotatable bonds is 3. The van der Waals surface area contributed by atoms with E-state index in [-0.39, 0.29) is 0 Å². The van der Waals surface area contributed by atoms with Crippen LogP contribution in [0.4, 0.5) is 26.3 Å². The Morgan fingerprint density at radius 2 is 1.07 bits per heavy atom. The fourth-order valence-corrected chi connectivity index (χ4v) is 2.38. The van der Waals surface area contributed by atoms with Gasteiger partial charge in [0.25, 0.3) is 0 Å². The molecule has 0 bridgehead atoms. The van der Waals surface area contributed by atoms with Crippen molar-refractivity contribution in [2.75, 3.05) is 0 Å². The number of aryl methyl sites for hydroxylation is 1. The fourth-order valence-electron chi connectivity index (χ4n) is 2.38. The average Bonchev–Trinajstić information content (AvgIpc) is 2.56. The van der Waals surface area contributed by atoms with Crippen LogP contribution in [0.25, 0.3) is 0 Å². The van der Waals surface area contributed by atoms with E-state index < -0.39 is 28.9 Å². The van der Waals surface area contributed by atoms with Gasteiger partial charge in [0.05, 0.1) is 0 Å². The normalized spacial score (nSPS) is 12.3. The van der Waals surface area contributed by atoms with Gasteiger partial charge in [0.1, 0.15) is 0 Å². The van der Waals surface area contributed by atoms with Gasteiger partial charge in [-0.05, 0) is 38.8 Å². The first-order valence-corrected chi connectivity index (χ1v) is 8.87. The Bertz CT molecular complexity index is 583. The number of benzene rings is 1. The largest absolute Gasteiger partial charge is 0.410 e. The first-order chi connectivity index (χ1) is 12.3. The van der Waals surface area contributed by atoms with Gasteiger partial charge in [-0.2, -0.15) is 26.3 Å². The van der Waals surface area contributed by atoms with Crippen LogP contribution in [0.15, 0.2) is 47.6 Å². The summed E-state index contributed by atoms with van der Waals surface area (Å²) in [5, 5.41) is 0. The Kier molecular flexibility index (Phi) is 11.4. The number of halogens is 6. The van der Waals surface area contributed by atoms with Gasteiger partial charge in [-0.15, -0.1) is 0 Å². The molecule has 0 aliphatic carbocycles. The van der Waals surface area contributed by atoms with E-state index in [4.69, 9.17) is 0 Å². The second-order valence-corrected chi connectivity index (χ2v) is 5.71. The van der Waals surface area contributed by atoms with Crippen LogP contribution in [0.5, 0.6) is 0 Å². The van der Waals surface area contributed by atoms with Crippen molar-refractivity contribution >= 4 is 0 Å². The molecule has 0 unspecified atom stereocenters. The molecule has 0 atom stereocenters. The lowest BCUT2D eigenvalue weighted by atomic mass is 9.72. The Morgan fingerprint density at radius 3 is 1.37 bits per heavy atom. The molecule has 0 nitrogen and oxygen atoms in total. The third-order valence-electron chi connectivity index (χ3n) is 3.59. The zero-order chi connectivity index (χ0) is 22.1. The lowest BCUT2D eigenvalue weighted by molar-refractivity contribution is -0.289. The van der Waals surface area contributed by atoms with Gasteiger partial charge in [0.15, 0.2) is 0 Å². The van der Waals surface area contributed by atoms with Crippen LogP contribution in [-0.2, 0) is 5.41 Å². The third-order valence-corrected chi connectivity index (χ3v) is 3.59. The molecule has 0 N–H and O–H groups in total. The van der Waals surface area contributed by atoms with Gasteiger partial charge in [-0.1, -0.05) is 75.2 Å². The molecule has 27 heavy (non-hydrogen) atoms. The highest BCUT2D eigenvalue weighted by Crippen LogP contribution is 2.56. The minimum Gasteiger partial charge on any atom is -0.169 e. The molecule has 0 amide bonds. The van der Waals surface area contributed by atoms with E-state index >= 15 is 0 Å². The first kappa shape index (κ1) is 27.5. The maximum atomic E-state index is 13.7. The van der Waals surface area contributed by atoms with Crippen LogP contribution in [0.2, 0.25) is 0 Å². The molecule has 1 rings (SSSR count). The molecule has 1 aromatic carbocycles. The maximum absolute atomic E-state index is 13.7. The molecule has 0 aliphatic rings. The van der Waals surface area contributed by atoms with E-state index in [1.54, 1.807) is 20.8 Å². The van der Waals surface area contributed by atoms with E-state index in [1.807, 2.05) is 27.7 Å². The zero-order valence-electron chi connectivity index (χ0n) is 17.2. The molecular formula is C21H30F6. The zero-order valence-corrected chi connectivity index (χ0v) is 17.2. The van der Waals surface area contributed by atoms with Gasteiger partial charge in [0, 0.05) is 0 Å². The molecule has 156 valence electrons. The van der Waals surface area contributed by atoms with Gasteiger partial charge in [0.2, 0.25) is 5.41 Å². The fraction of sp³-hybridized carbons (Fsp3) is 0.524. The van der Waals surface area contributed by atoms with Crippen molar-refractivity contribution < 1.29 is 26.3 Å². The Hall–Kier alpha value is -1.72. The Morgan fingerprint density at radius 1 is 0.704 bits per heavy atom. The topological polar surface area (TPSA) is 0 Å². The smallest absolute Gasteiger partial charge is 0.169 e. The molecule has 0 radical (unpaired) electrons. The van der Waals surface area contributed by atoms with Crippen LogP contribution in [0, 0.1) is 6.92 Å². The summed E-state index contributed by atoms with van der Waals surface area (Å²) in [6.45, 7) is 13.6. The molecule has 0 saturated heterocycles. The van der Waals surface area contributed by atoms with E-state index in [0.717, 1.165) is 25.1 Å². The monoisotopic (exact) mass is 396 g/mol. The summed E-state index contributed by atoms with van der Waals surface area (Å²) in [5.41, 5.74) is -4.49. The highest BCUT2D eigenvalue weighted by Gasteiger charge is 2.72. The maximum Gasteiger partial charge on any atom is 0.410 e. The van der Waals surface area contributed by atoms with Crippen LogP contribution >= 0.6 is 0 Å². The van der Waals surface area contributed by atoms with E-state index in [1.165, 1.54) is 18.2 Å². The summed E-state index contributed by atoms with van der Waals surface area (Å²) >= 11 is 0. The van der Waals surface area contributed by atoms with Crippen molar-refractivity contribution in [1.29, 1.82) is 0 Å². The molecule has 6 heteroatoms. The van der Waals surface area contributed by atoms with Crippen molar-refractivity contribution in [2.45, 2.75) is 73.2 Å². The van der Waals surface area contributed by atoms with Crippen LogP contribution in [-0.4, -0.2) is 12.4 Å². The van der Waals surface area contributed by atoms with Crippen LogP contribution < -0.4 is 0 Å². The van der Waals surface area contributed by atoms with Gasteiger partial charge in [-0.25, -0.2) is 0 Å². The molecule has 0 spiro atoms. The molecule has 0 saturated carbocycles. The minimum atomic E-state index is -5.52.